The van der Waals surface area contributed by atoms with Gasteiger partial charge in [-0.15, -0.1) is 0 Å². The van der Waals surface area contributed by atoms with Crippen molar-refractivity contribution in [2.75, 3.05) is 32.1 Å². The largest absolute Gasteiger partial charge is 0.450 e. The zero-order chi connectivity index (χ0) is 23.1. The lowest BCUT2D eigenvalue weighted by Gasteiger charge is -2.31. The van der Waals surface area contributed by atoms with Crippen LogP contribution in [0.2, 0.25) is 0 Å². The molecule has 0 radical (unpaired) electrons. The summed E-state index contributed by atoms with van der Waals surface area (Å²) in [6, 6.07) is 15.5. The Kier molecular flexibility index (Phi) is 7.87. The van der Waals surface area contributed by atoms with Crippen molar-refractivity contribution in [1.29, 1.82) is 0 Å². The van der Waals surface area contributed by atoms with E-state index in [0.29, 0.717) is 31.8 Å². The third-order valence-corrected chi connectivity index (χ3v) is 7.21. The van der Waals surface area contributed by atoms with Crippen LogP contribution in [0.3, 0.4) is 0 Å². The van der Waals surface area contributed by atoms with Crippen molar-refractivity contribution in [2.24, 2.45) is 5.92 Å². The predicted molar refractivity (Wildman–Crippen MR) is 121 cm³/mol. The molecule has 0 spiro atoms. The highest BCUT2D eigenvalue weighted by Crippen LogP contribution is 2.22. The minimum Gasteiger partial charge on any atom is -0.450 e. The Morgan fingerprint density at radius 1 is 1.12 bits per heavy atom. The Morgan fingerprint density at radius 2 is 1.81 bits per heavy atom. The monoisotopic (exact) mass is 459 g/mol. The molecule has 1 aliphatic heterocycles. The van der Waals surface area contributed by atoms with Crippen molar-refractivity contribution < 1.29 is 22.7 Å². The number of nitrogens with zero attached hydrogens (tertiary/aromatic N) is 2. The van der Waals surface area contributed by atoms with E-state index in [4.69, 9.17) is 4.74 Å². The van der Waals surface area contributed by atoms with Gasteiger partial charge in [-0.3, -0.25) is 4.79 Å². The SMILES string of the molecule is CCOC(=O)N1CCCC(C(=O)Nc2ccc(S(=O)(=O)N(C)Cc3ccccc3)cc2)C1. The molecule has 9 heteroatoms. The standard InChI is InChI=1S/C23H29N3O5S/c1-3-31-23(28)26-15-7-10-19(17-26)22(27)24-20-11-13-21(14-12-20)32(29,30)25(2)16-18-8-5-4-6-9-18/h4-6,8-9,11-14,19H,3,7,10,15-17H2,1-2H3,(H,24,27). The lowest BCUT2D eigenvalue weighted by Crippen LogP contribution is -2.44. The van der Waals surface area contributed by atoms with Crippen molar-refractivity contribution in [3.63, 3.8) is 0 Å². The van der Waals surface area contributed by atoms with Crippen LogP contribution < -0.4 is 5.32 Å². The molecule has 2 aromatic carbocycles. The quantitative estimate of drug-likeness (QED) is 0.685. The summed E-state index contributed by atoms with van der Waals surface area (Å²) >= 11 is 0. The van der Waals surface area contributed by atoms with Crippen molar-refractivity contribution in [1.82, 2.24) is 9.21 Å². The fraction of sp³-hybridized carbons (Fsp3) is 0.391. The molecule has 1 heterocycles. The van der Waals surface area contributed by atoms with E-state index in [-0.39, 0.29) is 23.3 Å². The van der Waals surface area contributed by atoms with E-state index in [9.17, 15) is 18.0 Å². The number of amides is 2. The summed E-state index contributed by atoms with van der Waals surface area (Å²) in [5.41, 5.74) is 1.40. The Bertz CT molecular complexity index is 1030. The summed E-state index contributed by atoms with van der Waals surface area (Å²) in [5.74, 6) is -0.538. The number of rotatable bonds is 7. The minimum atomic E-state index is -3.66. The molecule has 8 nitrogen and oxygen atoms in total. The third-order valence-electron chi connectivity index (χ3n) is 5.40. The number of ether oxygens (including phenoxy) is 1. The molecule has 1 fully saturated rings. The number of benzene rings is 2. The van der Waals surface area contributed by atoms with E-state index in [0.717, 1.165) is 12.0 Å². The van der Waals surface area contributed by atoms with Gasteiger partial charge in [0.05, 0.1) is 17.4 Å². The molecule has 3 rings (SSSR count). The molecule has 2 amide bonds. The normalized spacial score (nSPS) is 16.6. The third kappa shape index (κ3) is 5.86. The second-order valence-electron chi connectivity index (χ2n) is 7.74. The van der Waals surface area contributed by atoms with Crippen LogP contribution in [0.5, 0.6) is 0 Å². The first kappa shape index (κ1) is 23.7. The van der Waals surface area contributed by atoms with Crippen LogP contribution in [0.4, 0.5) is 10.5 Å². The summed E-state index contributed by atoms with van der Waals surface area (Å²) in [6.07, 6.45) is 1.000. The highest BCUT2D eigenvalue weighted by molar-refractivity contribution is 7.89. The van der Waals surface area contributed by atoms with E-state index in [1.165, 1.54) is 23.5 Å². The molecular formula is C23H29N3O5S. The fourth-order valence-electron chi connectivity index (χ4n) is 3.63. The number of nitrogens with one attached hydrogen (secondary N) is 1. The number of carbonyl (C=O) groups is 2. The van der Waals surface area contributed by atoms with Gasteiger partial charge in [0.15, 0.2) is 0 Å². The molecule has 1 atom stereocenters. The molecular weight excluding hydrogens is 430 g/mol. The summed E-state index contributed by atoms with van der Waals surface area (Å²) < 4.78 is 32.0. The van der Waals surface area contributed by atoms with Crippen LogP contribution in [0.15, 0.2) is 59.5 Å². The second-order valence-corrected chi connectivity index (χ2v) is 9.79. The summed E-state index contributed by atoms with van der Waals surface area (Å²) in [7, 11) is -2.12. The summed E-state index contributed by atoms with van der Waals surface area (Å²) in [4.78, 5) is 26.3. The summed E-state index contributed by atoms with van der Waals surface area (Å²) in [6.45, 7) is 3.19. The van der Waals surface area contributed by atoms with E-state index in [2.05, 4.69) is 5.32 Å². The van der Waals surface area contributed by atoms with Crippen molar-refractivity contribution in [2.45, 2.75) is 31.2 Å². The van der Waals surface area contributed by atoms with E-state index in [1.807, 2.05) is 30.3 Å². The molecule has 2 aromatic rings. The van der Waals surface area contributed by atoms with Crippen LogP contribution in [-0.2, 0) is 26.1 Å². The molecule has 172 valence electrons. The van der Waals surface area contributed by atoms with Crippen LogP contribution in [-0.4, -0.2) is 56.4 Å². The fourth-order valence-corrected chi connectivity index (χ4v) is 4.79. The molecule has 1 unspecified atom stereocenters. The van der Waals surface area contributed by atoms with Crippen molar-refractivity contribution in [3.05, 3.63) is 60.2 Å². The smallest absolute Gasteiger partial charge is 0.409 e. The highest BCUT2D eigenvalue weighted by atomic mass is 32.2. The first-order valence-corrected chi connectivity index (χ1v) is 12.1. The number of carbonyl (C=O) groups excluding carboxylic acids is 2. The number of sulfonamides is 1. The number of likely N-dealkylation sites (tertiary alicyclic amines) is 1. The van der Waals surface area contributed by atoms with Gasteiger partial charge in [-0.05, 0) is 49.6 Å². The lowest BCUT2D eigenvalue weighted by atomic mass is 9.97. The molecule has 0 aliphatic carbocycles. The van der Waals surface area contributed by atoms with Gasteiger partial charge in [-0.2, -0.15) is 4.31 Å². The zero-order valence-electron chi connectivity index (χ0n) is 18.4. The number of piperidine rings is 1. The van der Waals surface area contributed by atoms with Crippen LogP contribution in [0, 0.1) is 5.92 Å². The van der Waals surface area contributed by atoms with E-state index >= 15 is 0 Å². The molecule has 1 aliphatic rings. The van der Waals surface area contributed by atoms with Gasteiger partial charge in [0, 0.05) is 32.4 Å². The van der Waals surface area contributed by atoms with Gasteiger partial charge < -0.3 is 15.0 Å². The molecule has 32 heavy (non-hydrogen) atoms. The lowest BCUT2D eigenvalue weighted by molar-refractivity contribution is -0.121. The minimum absolute atomic E-state index is 0.153. The van der Waals surface area contributed by atoms with Crippen LogP contribution >= 0.6 is 0 Å². The number of hydrogen-bond donors (Lipinski definition) is 1. The average molecular weight is 460 g/mol. The first-order chi connectivity index (χ1) is 15.3. The van der Waals surface area contributed by atoms with Gasteiger partial charge in [-0.1, -0.05) is 30.3 Å². The predicted octanol–water partition coefficient (Wildman–Crippen LogP) is 3.31. The maximum absolute atomic E-state index is 12.9. The Balaban J connectivity index is 1.61. The number of hydrogen-bond acceptors (Lipinski definition) is 5. The topological polar surface area (TPSA) is 96.0 Å². The molecule has 0 bridgehead atoms. The molecule has 1 N–H and O–H groups in total. The second kappa shape index (κ2) is 10.6. The Hall–Kier alpha value is -2.91. The molecule has 1 saturated heterocycles. The van der Waals surface area contributed by atoms with Crippen LogP contribution in [0.1, 0.15) is 25.3 Å². The average Bonchev–Trinajstić information content (AvgIpc) is 2.80. The van der Waals surface area contributed by atoms with Gasteiger partial charge in [0.2, 0.25) is 15.9 Å². The molecule has 0 aromatic heterocycles. The maximum Gasteiger partial charge on any atom is 0.409 e. The van der Waals surface area contributed by atoms with Crippen LogP contribution in [0.25, 0.3) is 0 Å². The first-order valence-electron chi connectivity index (χ1n) is 10.6. The van der Waals surface area contributed by atoms with Crippen molar-refractivity contribution >= 4 is 27.7 Å². The van der Waals surface area contributed by atoms with E-state index in [1.54, 1.807) is 24.0 Å². The van der Waals surface area contributed by atoms with E-state index < -0.39 is 16.1 Å². The van der Waals surface area contributed by atoms with Gasteiger partial charge >= 0.3 is 6.09 Å². The molecule has 0 saturated carbocycles. The zero-order valence-corrected chi connectivity index (χ0v) is 19.2. The Labute approximate surface area is 189 Å². The van der Waals surface area contributed by atoms with Crippen molar-refractivity contribution in [3.8, 4) is 0 Å². The van der Waals surface area contributed by atoms with Gasteiger partial charge in [-0.25, -0.2) is 13.2 Å². The Morgan fingerprint density at radius 3 is 2.47 bits per heavy atom. The summed E-state index contributed by atoms with van der Waals surface area (Å²) in [5, 5.41) is 2.82. The highest BCUT2D eigenvalue weighted by Gasteiger charge is 2.29. The maximum atomic E-state index is 12.9. The number of anilines is 1. The van der Waals surface area contributed by atoms with Gasteiger partial charge in [0.25, 0.3) is 0 Å². The van der Waals surface area contributed by atoms with Gasteiger partial charge in [0.1, 0.15) is 0 Å².